The topological polar surface area (TPSA) is 79.4 Å². The third-order valence-corrected chi connectivity index (χ3v) is 6.34. The minimum Gasteiger partial charge on any atom is -0.493 e. The number of carbonyl (C=O) groups excluding carboxylic acids is 1. The van der Waals surface area contributed by atoms with Crippen LogP contribution in [-0.4, -0.2) is 35.6 Å². The van der Waals surface area contributed by atoms with Crippen LogP contribution in [0.2, 0.25) is 0 Å². The average Bonchev–Trinajstić information content (AvgIpc) is 2.90. The van der Waals surface area contributed by atoms with E-state index in [1.807, 2.05) is 80.6 Å². The van der Waals surface area contributed by atoms with E-state index in [9.17, 15) is 4.79 Å². The third-order valence-electron chi connectivity index (χ3n) is 6.34. The predicted molar refractivity (Wildman–Crippen MR) is 146 cm³/mol. The molecule has 0 saturated carbocycles. The van der Waals surface area contributed by atoms with Crippen molar-refractivity contribution >= 4 is 39.8 Å². The van der Waals surface area contributed by atoms with Crippen LogP contribution >= 0.6 is 0 Å². The Bertz CT molecular complexity index is 1360. The van der Waals surface area contributed by atoms with E-state index in [1.165, 1.54) is 19.3 Å². The van der Waals surface area contributed by atoms with Gasteiger partial charge in [-0.05, 0) is 74.2 Å². The van der Waals surface area contributed by atoms with Gasteiger partial charge in [0.1, 0.15) is 11.6 Å². The quantitative estimate of drug-likeness (QED) is 0.321. The van der Waals surface area contributed by atoms with Gasteiger partial charge in [-0.2, -0.15) is 4.98 Å². The number of hydrogen-bond donors (Lipinski definition) is 2. The van der Waals surface area contributed by atoms with Crippen LogP contribution < -0.4 is 20.3 Å². The number of carbonyl (C=O) groups is 1. The van der Waals surface area contributed by atoms with E-state index in [0.717, 1.165) is 41.1 Å². The number of hydrogen-bond acceptors (Lipinski definition) is 6. The minimum absolute atomic E-state index is 0.204. The van der Waals surface area contributed by atoms with Crippen molar-refractivity contribution in [2.75, 3.05) is 35.2 Å². The van der Waals surface area contributed by atoms with Gasteiger partial charge >= 0.3 is 0 Å². The molecule has 1 fully saturated rings. The summed E-state index contributed by atoms with van der Waals surface area (Å²) in [5, 5.41) is 8.18. The molecule has 0 spiro atoms. The summed E-state index contributed by atoms with van der Waals surface area (Å²) in [4.78, 5) is 24.9. The van der Waals surface area contributed by atoms with Gasteiger partial charge in [-0.1, -0.05) is 30.3 Å². The first-order valence-electron chi connectivity index (χ1n) is 12.5. The summed E-state index contributed by atoms with van der Waals surface area (Å²) >= 11 is 0. The van der Waals surface area contributed by atoms with Crippen LogP contribution in [0, 0.1) is 6.92 Å². The number of ether oxygens (including phenoxy) is 1. The molecular formula is C29H31N5O2. The molecule has 3 aromatic carbocycles. The molecular weight excluding hydrogens is 450 g/mol. The predicted octanol–water partition coefficient (Wildman–Crippen LogP) is 6.32. The van der Waals surface area contributed by atoms with Crippen molar-refractivity contribution < 1.29 is 9.53 Å². The van der Waals surface area contributed by atoms with Crippen molar-refractivity contribution in [3.63, 3.8) is 0 Å². The zero-order valence-corrected chi connectivity index (χ0v) is 20.8. The summed E-state index contributed by atoms with van der Waals surface area (Å²) in [6.07, 6.45) is 3.68. The fourth-order valence-electron chi connectivity index (χ4n) is 4.61. The lowest BCUT2D eigenvalue weighted by Gasteiger charge is -2.28. The molecule has 0 atom stereocenters. The Morgan fingerprint density at radius 1 is 0.944 bits per heavy atom. The molecule has 0 radical (unpaired) electrons. The fraction of sp³-hybridized carbons (Fsp3) is 0.276. The number of nitrogens with one attached hydrogen (secondary N) is 2. The maximum Gasteiger partial charge on any atom is 0.260 e. The number of rotatable bonds is 7. The Labute approximate surface area is 211 Å². The number of aromatic nitrogens is 2. The number of amides is 1. The second kappa shape index (κ2) is 10.6. The molecule has 2 heterocycles. The van der Waals surface area contributed by atoms with E-state index in [4.69, 9.17) is 9.72 Å². The van der Waals surface area contributed by atoms with E-state index >= 15 is 0 Å². The summed E-state index contributed by atoms with van der Waals surface area (Å²) in [6, 6.07) is 21.3. The number of fused-ring (bicyclic) bond motifs is 1. The first kappa shape index (κ1) is 23.6. The van der Waals surface area contributed by atoms with Gasteiger partial charge < -0.3 is 20.3 Å². The number of anilines is 4. The van der Waals surface area contributed by atoms with Gasteiger partial charge in [0, 0.05) is 36.2 Å². The monoisotopic (exact) mass is 481 g/mol. The van der Waals surface area contributed by atoms with Gasteiger partial charge in [-0.15, -0.1) is 0 Å². The maximum absolute atomic E-state index is 13.3. The lowest BCUT2D eigenvalue weighted by Crippen LogP contribution is -2.30. The zero-order valence-electron chi connectivity index (χ0n) is 20.8. The number of aryl methyl sites for hydroxylation is 1. The summed E-state index contributed by atoms with van der Waals surface area (Å²) in [5.41, 5.74) is 3.01. The number of piperidine rings is 1. The average molecular weight is 482 g/mol. The standard InChI is InChI=1S/C29H31N5O2/c1-3-36-25-16-11-21-9-5-6-10-24(21)27(25)28(35)31-22-12-14-23(15-13-22)32-29-30-20(2)19-26(33-29)34-17-7-4-8-18-34/h5-6,9-16,19H,3-4,7-8,17-18H2,1-2H3,(H,31,35)(H,30,32,33). The van der Waals surface area contributed by atoms with Crippen molar-refractivity contribution in [1.29, 1.82) is 0 Å². The molecule has 1 saturated heterocycles. The highest BCUT2D eigenvalue weighted by Crippen LogP contribution is 2.29. The summed E-state index contributed by atoms with van der Waals surface area (Å²) < 4.78 is 5.76. The van der Waals surface area contributed by atoms with Crippen LogP contribution in [0.25, 0.3) is 10.8 Å². The normalized spacial score (nSPS) is 13.4. The Kier molecular flexibility index (Phi) is 6.98. The van der Waals surface area contributed by atoms with Crippen molar-refractivity contribution in [3.8, 4) is 5.75 Å². The zero-order chi connectivity index (χ0) is 24.9. The van der Waals surface area contributed by atoms with Crippen molar-refractivity contribution in [2.45, 2.75) is 33.1 Å². The third kappa shape index (κ3) is 5.25. The van der Waals surface area contributed by atoms with Crippen molar-refractivity contribution in [1.82, 2.24) is 9.97 Å². The maximum atomic E-state index is 13.3. The van der Waals surface area contributed by atoms with Gasteiger partial charge in [0.2, 0.25) is 5.95 Å². The largest absolute Gasteiger partial charge is 0.493 e. The molecule has 7 nitrogen and oxygen atoms in total. The molecule has 0 aliphatic carbocycles. The summed E-state index contributed by atoms with van der Waals surface area (Å²) in [7, 11) is 0. The Morgan fingerprint density at radius 2 is 1.69 bits per heavy atom. The van der Waals surface area contributed by atoms with E-state index in [1.54, 1.807) is 0 Å². The van der Waals surface area contributed by atoms with E-state index in [0.29, 0.717) is 29.6 Å². The molecule has 0 unspecified atom stereocenters. The van der Waals surface area contributed by atoms with Gasteiger partial charge in [0.25, 0.3) is 5.91 Å². The molecule has 0 bridgehead atoms. The highest BCUT2D eigenvalue weighted by atomic mass is 16.5. The molecule has 5 rings (SSSR count). The van der Waals surface area contributed by atoms with Crippen molar-refractivity contribution in [3.05, 3.63) is 78.0 Å². The molecule has 1 aliphatic heterocycles. The number of nitrogens with zero attached hydrogens (tertiary/aromatic N) is 3. The summed E-state index contributed by atoms with van der Waals surface area (Å²) in [5.74, 6) is 1.91. The Hall–Kier alpha value is -4.13. The van der Waals surface area contributed by atoms with Gasteiger partial charge in [0.15, 0.2) is 0 Å². The first-order chi connectivity index (χ1) is 17.6. The smallest absolute Gasteiger partial charge is 0.260 e. The van der Waals surface area contributed by atoms with Crippen LogP contribution in [0.4, 0.5) is 23.1 Å². The fourth-order valence-corrected chi connectivity index (χ4v) is 4.61. The van der Waals surface area contributed by atoms with Crippen molar-refractivity contribution in [2.24, 2.45) is 0 Å². The molecule has 36 heavy (non-hydrogen) atoms. The first-order valence-corrected chi connectivity index (χ1v) is 12.5. The highest BCUT2D eigenvalue weighted by molar-refractivity contribution is 6.15. The van der Waals surface area contributed by atoms with E-state index < -0.39 is 0 Å². The second-order valence-corrected chi connectivity index (χ2v) is 8.99. The van der Waals surface area contributed by atoms with Gasteiger partial charge in [-0.25, -0.2) is 4.98 Å². The van der Waals surface area contributed by atoms with Gasteiger partial charge in [0.05, 0.1) is 12.2 Å². The molecule has 7 heteroatoms. The molecule has 1 aromatic heterocycles. The lowest BCUT2D eigenvalue weighted by molar-refractivity contribution is 0.102. The Morgan fingerprint density at radius 3 is 2.47 bits per heavy atom. The lowest BCUT2D eigenvalue weighted by atomic mass is 10.0. The van der Waals surface area contributed by atoms with Crippen LogP contribution in [0.15, 0.2) is 66.7 Å². The second-order valence-electron chi connectivity index (χ2n) is 8.99. The Balaban J connectivity index is 1.32. The molecule has 1 aliphatic rings. The van der Waals surface area contributed by atoms with Crippen LogP contribution in [-0.2, 0) is 0 Å². The van der Waals surface area contributed by atoms with E-state index in [2.05, 4.69) is 20.5 Å². The molecule has 2 N–H and O–H groups in total. The van der Waals surface area contributed by atoms with Crippen LogP contribution in [0.1, 0.15) is 42.2 Å². The molecule has 184 valence electrons. The minimum atomic E-state index is -0.204. The van der Waals surface area contributed by atoms with Crippen LogP contribution in [0.5, 0.6) is 5.75 Å². The SMILES string of the molecule is CCOc1ccc2ccccc2c1C(=O)Nc1ccc(Nc2nc(C)cc(N3CCCCC3)n2)cc1. The number of benzene rings is 3. The van der Waals surface area contributed by atoms with E-state index in [-0.39, 0.29) is 5.91 Å². The molecule has 4 aromatic rings. The van der Waals surface area contributed by atoms with Gasteiger partial charge in [-0.3, -0.25) is 4.79 Å². The molecule has 1 amide bonds. The van der Waals surface area contributed by atoms with Crippen LogP contribution in [0.3, 0.4) is 0 Å². The highest BCUT2D eigenvalue weighted by Gasteiger charge is 2.17. The summed E-state index contributed by atoms with van der Waals surface area (Å²) in [6.45, 7) is 6.45.